The molecule has 1 unspecified atom stereocenters. The number of para-hydroxylation sites is 1. The number of amides is 1. The Hall–Kier alpha value is -4.05. The van der Waals surface area contributed by atoms with Crippen LogP contribution in [0.3, 0.4) is 0 Å². The van der Waals surface area contributed by atoms with E-state index in [1.54, 1.807) is 26.8 Å². The van der Waals surface area contributed by atoms with Gasteiger partial charge >= 0.3 is 12.1 Å². The van der Waals surface area contributed by atoms with Crippen molar-refractivity contribution in [2.75, 3.05) is 26.8 Å². The maximum Gasteiger partial charge on any atom is 0.416 e. The molecule has 1 atom stereocenters. The zero-order valence-electron chi connectivity index (χ0n) is 20.8. The van der Waals surface area contributed by atoms with Crippen molar-refractivity contribution in [3.63, 3.8) is 0 Å². The number of allylic oxidation sites excluding steroid dienone is 1. The van der Waals surface area contributed by atoms with Crippen molar-refractivity contribution in [2.45, 2.75) is 33.4 Å². The normalized spacial score (nSPS) is 15.5. The summed E-state index contributed by atoms with van der Waals surface area (Å²) in [4.78, 5) is 45.0. The van der Waals surface area contributed by atoms with E-state index in [1.165, 1.54) is 18.2 Å². The highest BCUT2D eigenvalue weighted by atomic mass is 16.6. The Morgan fingerprint density at radius 3 is 2.42 bits per heavy atom. The number of esters is 1. The summed E-state index contributed by atoms with van der Waals surface area (Å²) in [5.74, 6) is -0.442. The Morgan fingerprint density at radius 1 is 1.08 bits per heavy atom. The van der Waals surface area contributed by atoms with Gasteiger partial charge in [0.05, 0.1) is 28.4 Å². The predicted octanol–water partition coefficient (Wildman–Crippen LogP) is 4.48. The molecule has 0 spiro atoms. The van der Waals surface area contributed by atoms with E-state index in [-0.39, 0.29) is 35.9 Å². The molecule has 0 radical (unpaired) electrons. The van der Waals surface area contributed by atoms with Crippen molar-refractivity contribution in [3.8, 4) is 0 Å². The molecular weight excluding hydrogens is 464 g/mol. The lowest BCUT2D eigenvalue weighted by Crippen LogP contribution is -2.44. The molecule has 0 saturated heterocycles. The number of likely N-dealkylation sites (N-methyl/N-ethyl adjacent to an activating group) is 1. The number of carbonyl (C=O) groups is 2. The van der Waals surface area contributed by atoms with Gasteiger partial charge in [-0.2, -0.15) is 0 Å². The molecule has 0 fully saturated rings. The summed E-state index contributed by atoms with van der Waals surface area (Å²) >= 11 is 0. The number of nitrogens with zero attached hydrogens (tertiary/aromatic N) is 4. The molecule has 0 N–H and O–H groups in total. The molecule has 2 aromatic rings. The van der Waals surface area contributed by atoms with Crippen molar-refractivity contribution in [1.82, 2.24) is 9.80 Å². The number of amidine groups is 1. The summed E-state index contributed by atoms with van der Waals surface area (Å²) in [7, 11) is 1.91. The van der Waals surface area contributed by atoms with Gasteiger partial charge in [-0.25, -0.2) is 14.6 Å². The van der Waals surface area contributed by atoms with Crippen LogP contribution >= 0.6 is 0 Å². The lowest BCUT2D eigenvalue weighted by atomic mass is 9.93. The summed E-state index contributed by atoms with van der Waals surface area (Å²) in [6.07, 6.45) is -0.762. The van der Waals surface area contributed by atoms with E-state index < -0.39 is 23.0 Å². The molecule has 1 aliphatic heterocycles. The first-order chi connectivity index (χ1) is 17.2. The smallest absolute Gasteiger partial charge is 0.416 e. The first kappa shape index (κ1) is 26.6. The maximum absolute atomic E-state index is 13.3. The van der Waals surface area contributed by atoms with Crippen molar-refractivity contribution >= 4 is 23.6 Å². The van der Waals surface area contributed by atoms with Crippen molar-refractivity contribution in [1.29, 1.82) is 0 Å². The lowest BCUT2D eigenvalue weighted by molar-refractivity contribution is -0.385. The highest BCUT2D eigenvalue weighted by molar-refractivity contribution is 6.01. The van der Waals surface area contributed by atoms with E-state index in [2.05, 4.69) is 4.99 Å². The molecule has 36 heavy (non-hydrogen) atoms. The summed E-state index contributed by atoms with van der Waals surface area (Å²) in [5.41, 5.74) is 1.43. The summed E-state index contributed by atoms with van der Waals surface area (Å²) in [6.45, 7) is 6.17. The van der Waals surface area contributed by atoms with Crippen molar-refractivity contribution in [2.24, 2.45) is 4.99 Å². The van der Waals surface area contributed by atoms with E-state index in [0.717, 1.165) is 10.5 Å². The highest BCUT2D eigenvalue weighted by Gasteiger charge is 2.42. The number of aliphatic imine (C=N–C) groups is 1. The number of benzene rings is 2. The van der Waals surface area contributed by atoms with Gasteiger partial charge in [0.2, 0.25) is 0 Å². The van der Waals surface area contributed by atoms with Gasteiger partial charge in [-0.1, -0.05) is 42.5 Å². The van der Waals surface area contributed by atoms with Crippen molar-refractivity contribution in [3.05, 3.63) is 87.1 Å². The minimum absolute atomic E-state index is 0.0497. The first-order valence-electron chi connectivity index (χ1n) is 11.6. The van der Waals surface area contributed by atoms with Gasteiger partial charge in [-0.05, 0) is 39.4 Å². The molecule has 10 heteroatoms. The molecule has 1 aliphatic rings. The summed E-state index contributed by atoms with van der Waals surface area (Å²) < 4.78 is 10.8. The number of carbonyl (C=O) groups excluding carboxylic acids is 2. The SMILES string of the molecule is CCOC(=O)N1C(C)=NC(C)=C(C(=O)OCCN(C)Cc2ccccc2)C1c1ccccc1[N+](=O)[O-]. The molecular formula is C26H30N4O6. The van der Waals surface area contributed by atoms with E-state index in [9.17, 15) is 19.7 Å². The van der Waals surface area contributed by atoms with Crippen LogP contribution in [0.5, 0.6) is 0 Å². The Kier molecular flexibility index (Phi) is 8.91. The van der Waals surface area contributed by atoms with Crippen LogP contribution in [0.15, 0.2) is 70.9 Å². The molecule has 1 heterocycles. The fraction of sp³-hybridized carbons (Fsp3) is 0.346. The minimum Gasteiger partial charge on any atom is -0.461 e. The number of nitro benzene ring substituents is 1. The number of nitro groups is 1. The lowest BCUT2D eigenvalue weighted by Gasteiger charge is -2.35. The molecule has 0 aromatic heterocycles. The molecule has 0 saturated carbocycles. The Balaban J connectivity index is 1.88. The standard InChI is InChI=1S/C26H30N4O6/c1-5-35-26(32)29-19(3)27-18(2)23(24(29)21-13-9-10-14-22(21)30(33)34)25(31)36-16-15-28(4)17-20-11-7-6-8-12-20/h6-14,24H,5,15-17H2,1-4H3. The molecule has 1 amide bonds. The van der Waals surface area contributed by atoms with Crippen molar-refractivity contribution < 1.29 is 24.0 Å². The second kappa shape index (κ2) is 12.1. The third-order valence-electron chi connectivity index (χ3n) is 5.71. The molecule has 2 aromatic carbocycles. The monoisotopic (exact) mass is 494 g/mol. The largest absolute Gasteiger partial charge is 0.461 e. The molecule has 3 rings (SSSR count). The average Bonchev–Trinajstić information content (AvgIpc) is 2.84. The predicted molar refractivity (Wildman–Crippen MR) is 134 cm³/mol. The number of ether oxygens (including phenoxy) is 2. The van der Waals surface area contributed by atoms with Gasteiger partial charge in [-0.3, -0.25) is 19.9 Å². The third kappa shape index (κ3) is 6.14. The van der Waals surface area contributed by atoms with E-state index in [1.807, 2.05) is 42.3 Å². The van der Waals surface area contributed by atoms with Crippen LogP contribution < -0.4 is 0 Å². The summed E-state index contributed by atoms with van der Waals surface area (Å²) in [5, 5.41) is 11.8. The van der Waals surface area contributed by atoms with Crippen LogP contribution in [0.25, 0.3) is 0 Å². The van der Waals surface area contributed by atoms with Crippen LogP contribution in [0.4, 0.5) is 10.5 Å². The highest BCUT2D eigenvalue weighted by Crippen LogP contribution is 2.40. The van der Waals surface area contributed by atoms with Crippen LogP contribution in [0, 0.1) is 10.1 Å². The van der Waals surface area contributed by atoms with Gasteiger partial charge in [0.15, 0.2) is 0 Å². The van der Waals surface area contributed by atoms with Gasteiger partial charge < -0.3 is 9.47 Å². The Morgan fingerprint density at radius 2 is 1.75 bits per heavy atom. The number of rotatable bonds is 9. The molecule has 0 bridgehead atoms. The minimum atomic E-state index is -1.13. The average molecular weight is 495 g/mol. The number of hydrogen-bond donors (Lipinski definition) is 0. The van der Waals surface area contributed by atoms with E-state index >= 15 is 0 Å². The second-order valence-corrected chi connectivity index (χ2v) is 8.30. The summed E-state index contributed by atoms with van der Waals surface area (Å²) in [6, 6.07) is 14.8. The quantitative estimate of drug-likeness (QED) is 0.287. The van der Waals surface area contributed by atoms with Gasteiger partial charge in [-0.15, -0.1) is 0 Å². The van der Waals surface area contributed by atoms with E-state index in [4.69, 9.17) is 9.47 Å². The van der Waals surface area contributed by atoms with E-state index in [0.29, 0.717) is 18.8 Å². The Labute approximate surface area is 210 Å². The fourth-order valence-electron chi connectivity index (χ4n) is 4.09. The topological polar surface area (TPSA) is 115 Å². The number of hydrogen-bond acceptors (Lipinski definition) is 8. The second-order valence-electron chi connectivity index (χ2n) is 8.30. The zero-order valence-corrected chi connectivity index (χ0v) is 20.8. The van der Waals surface area contributed by atoms with Gasteiger partial charge in [0.1, 0.15) is 18.5 Å². The fourth-order valence-corrected chi connectivity index (χ4v) is 4.09. The van der Waals surface area contributed by atoms with Crippen LogP contribution in [-0.2, 0) is 20.8 Å². The molecule has 190 valence electrons. The van der Waals surface area contributed by atoms with Gasteiger partial charge in [0.25, 0.3) is 5.69 Å². The Bertz CT molecular complexity index is 1180. The zero-order chi connectivity index (χ0) is 26.2. The van der Waals surface area contributed by atoms with Gasteiger partial charge in [0, 0.05) is 19.2 Å². The molecule has 0 aliphatic carbocycles. The van der Waals surface area contributed by atoms with Crippen LogP contribution in [-0.4, -0.2) is 59.4 Å². The first-order valence-corrected chi connectivity index (χ1v) is 11.6. The van der Waals surface area contributed by atoms with Crippen LogP contribution in [0.2, 0.25) is 0 Å². The third-order valence-corrected chi connectivity index (χ3v) is 5.71. The molecule has 10 nitrogen and oxygen atoms in total. The maximum atomic E-state index is 13.3. The van der Waals surface area contributed by atoms with Crippen LogP contribution in [0.1, 0.15) is 37.9 Å².